The average molecular weight is 386 g/mol. The van der Waals surface area contributed by atoms with E-state index >= 15 is 0 Å². The van der Waals surface area contributed by atoms with E-state index in [4.69, 9.17) is 10.5 Å². The number of nitrogen functional groups attached to an aromatic ring is 1. The molecule has 1 heterocycles. The smallest absolute Gasteiger partial charge is 0.340 e. The normalized spacial score (nSPS) is 11.0. The van der Waals surface area contributed by atoms with E-state index in [1.54, 1.807) is 25.1 Å². The molecule has 0 bridgehead atoms. The van der Waals surface area contributed by atoms with Gasteiger partial charge in [-0.05, 0) is 30.9 Å². The van der Waals surface area contributed by atoms with Crippen LogP contribution in [0, 0.1) is 11.8 Å². The number of esters is 1. The molecule has 0 spiro atoms. The second-order valence-electron chi connectivity index (χ2n) is 7.54. The molecule has 3 N–H and O–H groups in total. The van der Waals surface area contributed by atoms with Gasteiger partial charge in [0.15, 0.2) is 11.6 Å². The van der Waals surface area contributed by atoms with Crippen LogP contribution in [0.3, 0.4) is 0 Å². The minimum absolute atomic E-state index is 0.312. The summed E-state index contributed by atoms with van der Waals surface area (Å²) >= 11 is 0. The number of para-hydroxylation sites is 1. The van der Waals surface area contributed by atoms with Gasteiger partial charge in [0.05, 0.1) is 17.9 Å². The lowest BCUT2D eigenvalue weighted by Crippen LogP contribution is -2.33. The van der Waals surface area contributed by atoms with Crippen LogP contribution >= 0.6 is 0 Å². The van der Waals surface area contributed by atoms with Crippen LogP contribution in [0.4, 0.5) is 23.0 Å². The molecule has 0 radical (unpaired) electrons. The number of hydrogen-bond acceptors (Lipinski definition) is 7. The molecule has 0 amide bonds. The number of benzene rings is 1. The standard InChI is InChI=1S/C21H31N5O2/c1-6-28-21(27)16-9-7-8-10-17(16)25-19-18(22)20(24-13-23-19)26(11-14(2)3)12-15(4)5/h7-10,13-15H,6,11-12,22H2,1-5H3,(H,23,24,25). The largest absolute Gasteiger partial charge is 0.462 e. The summed E-state index contributed by atoms with van der Waals surface area (Å²) in [5, 5.41) is 3.18. The maximum Gasteiger partial charge on any atom is 0.340 e. The lowest BCUT2D eigenvalue weighted by molar-refractivity contribution is 0.0527. The van der Waals surface area contributed by atoms with Gasteiger partial charge < -0.3 is 20.7 Å². The molecule has 2 rings (SSSR count). The summed E-state index contributed by atoms with van der Waals surface area (Å²) < 4.78 is 5.13. The Hall–Kier alpha value is -2.83. The first-order chi connectivity index (χ1) is 13.3. The van der Waals surface area contributed by atoms with Gasteiger partial charge in [-0.25, -0.2) is 14.8 Å². The molecule has 28 heavy (non-hydrogen) atoms. The fourth-order valence-corrected chi connectivity index (χ4v) is 2.97. The molecule has 0 aliphatic rings. The zero-order chi connectivity index (χ0) is 20.7. The van der Waals surface area contributed by atoms with Gasteiger partial charge in [0, 0.05) is 13.1 Å². The van der Waals surface area contributed by atoms with Gasteiger partial charge in [0.1, 0.15) is 12.0 Å². The first kappa shape index (κ1) is 21.5. The zero-order valence-corrected chi connectivity index (χ0v) is 17.4. The van der Waals surface area contributed by atoms with Crippen LogP contribution in [0.15, 0.2) is 30.6 Å². The molecule has 152 valence electrons. The highest BCUT2D eigenvalue weighted by Gasteiger charge is 2.19. The van der Waals surface area contributed by atoms with Crippen molar-refractivity contribution in [1.82, 2.24) is 9.97 Å². The maximum atomic E-state index is 12.2. The lowest BCUT2D eigenvalue weighted by Gasteiger charge is -2.28. The van der Waals surface area contributed by atoms with E-state index in [0.29, 0.717) is 47.0 Å². The monoisotopic (exact) mass is 385 g/mol. The Morgan fingerprint density at radius 2 is 1.79 bits per heavy atom. The molecule has 1 aromatic carbocycles. The third-order valence-electron chi connectivity index (χ3n) is 4.01. The Kier molecular flexibility index (Phi) is 7.61. The van der Waals surface area contributed by atoms with E-state index < -0.39 is 0 Å². The first-order valence-electron chi connectivity index (χ1n) is 9.72. The third kappa shape index (κ3) is 5.58. The van der Waals surface area contributed by atoms with Crippen LogP contribution in [0.2, 0.25) is 0 Å². The molecule has 0 fully saturated rings. The quantitative estimate of drug-likeness (QED) is 0.628. The number of rotatable bonds is 9. The number of nitrogens with one attached hydrogen (secondary N) is 1. The molecular weight excluding hydrogens is 354 g/mol. The van der Waals surface area contributed by atoms with Crippen molar-refractivity contribution in [2.75, 3.05) is 35.6 Å². The second-order valence-corrected chi connectivity index (χ2v) is 7.54. The van der Waals surface area contributed by atoms with Crippen LogP contribution < -0.4 is 16.0 Å². The van der Waals surface area contributed by atoms with Gasteiger partial charge in [-0.3, -0.25) is 0 Å². The Labute approximate surface area is 167 Å². The molecule has 2 aromatic rings. The Balaban J connectivity index is 2.36. The highest BCUT2D eigenvalue weighted by molar-refractivity contribution is 5.97. The van der Waals surface area contributed by atoms with Crippen LogP contribution in [-0.2, 0) is 4.74 Å². The molecule has 0 saturated carbocycles. The van der Waals surface area contributed by atoms with Gasteiger partial charge >= 0.3 is 5.97 Å². The van der Waals surface area contributed by atoms with Gasteiger partial charge in [-0.2, -0.15) is 0 Å². The molecule has 0 aliphatic carbocycles. The molecule has 7 nitrogen and oxygen atoms in total. The van der Waals surface area contributed by atoms with Crippen molar-refractivity contribution in [3.8, 4) is 0 Å². The van der Waals surface area contributed by atoms with Gasteiger partial charge in [0.25, 0.3) is 0 Å². The molecule has 0 unspecified atom stereocenters. The van der Waals surface area contributed by atoms with Crippen molar-refractivity contribution >= 4 is 29.0 Å². The number of aromatic nitrogens is 2. The number of nitrogens with zero attached hydrogens (tertiary/aromatic N) is 3. The summed E-state index contributed by atoms with van der Waals surface area (Å²) in [5.74, 6) is 1.72. The minimum atomic E-state index is -0.389. The van der Waals surface area contributed by atoms with E-state index in [0.717, 1.165) is 13.1 Å². The van der Waals surface area contributed by atoms with Crippen molar-refractivity contribution in [1.29, 1.82) is 0 Å². The van der Waals surface area contributed by atoms with Crippen LogP contribution in [0.25, 0.3) is 0 Å². The summed E-state index contributed by atoms with van der Waals surface area (Å²) in [4.78, 5) is 23.1. The van der Waals surface area contributed by atoms with Gasteiger partial charge in [-0.1, -0.05) is 39.8 Å². The Morgan fingerprint density at radius 1 is 1.14 bits per heavy atom. The fraction of sp³-hybridized carbons (Fsp3) is 0.476. The summed E-state index contributed by atoms with van der Waals surface area (Å²) in [6.45, 7) is 12.4. The lowest BCUT2D eigenvalue weighted by atomic mass is 10.1. The topological polar surface area (TPSA) is 93.4 Å². The molecule has 0 atom stereocenters. The summed E-state index contributed by atoms with van der Waals surface area (Å²) in [6, 6.07) is 7.14. The van der Waals surface area contributed by atoms with Crippen molar-refractivity contribution in [2.45, 2.75) is 34.6 Å². The van der Waals surface area contributed by atoms with Crippen molar-refractivity contribution in [3.05, 3.63) is 36.2 Å². The summed E-state index contributed by atoms with van der Waals surface area (Å²) in [6.07, 6.45) is 1.49. The Morgan fingerprint density at radius 3 is 2.39 bits per heavy atom. The molecule has 1 aromatic heterocycles. The summed E-state index contributed by atoms with van der Waals surface area (Å²) in [7, 11) is 0. The predicted molar refractivity (Wildman–Crippen MR) is 114 cm³/mol. The van der Waals surface area contributed by atoms with Crippen molar-refractivity contribution in [3.63, 3.8) is 0 Å². The second kappa shape index (κ2) is 9.92. The number of nitrogens with two attached hydrogens (primary N) is 1. The van der Waals surface area contributed by atoms with E-state index in [-0.39, 0.29) is 5.97 Å². The van der Waals surface area contributed by atoms with E-state index in [9.17, 15) is 4.79 Å². The van der Waals surface area contributed by atoms with Crippen LogP contribution in [-0.4, -0.2) is 35.6 Å². The number of ether oxygens (including phenoxy) is 1. The van der Waals surface area contributed by atoms with E-state index in [2.05, 4.69) is 47.9 Å². The van der Waals surface area contributed by atoms with Gasteiger partial charge in [0.2, 0.25) is 0 Å². The SMILES string of the molecule is CCOC(=O)c1ccccc1Nc1ncnc(N(CC(C)C)CC(C)C)c1N. The van der Waals surface area contributed by atoms with E-state index in [1.165, 1.54) is 6.33 Å². The van der Waals surface area contributed by atoms with Crippen LogP contribution in [0.1, 0.15) is 45.0 Å². The number of hydrogen-bond donors (Lipinski definition) is 2. The third-order valence-corrected chi connectivity index (χ3v) is 4.01. The van der Waals surface area contributed by atoms with Crippen LogP contribution in [0.5, 0.6) is 0 Å². The van der Waals surface area contributed by atoms with Crippen molar-refractivity contribution in [2.24, 2.45) is 11.8 Å². The Bertz CT molecular complexity index is 782. The minimum Gasteiger partial charge on any atom is -0.462 e. The maximum absolute atomic E-state index is 12.2. The predicted octanol–water partition coefficient (Wildman–Crippen LogP) is 4.10. The highest BCUT2D eigenvalue weighted by atomic mass is 16.5. The molecule has 0 saturated heterocycles. The van der Waals surface area contributed by atoms with E-state index in [1.807, 2.05) is 6.07 Å². The van der Waals surface area contributed by atoms with Crippen molar-refractivity contribution < 1.29 is 9.53 Å². The first-order valence-corrected chi connectivity index (χ1v) is 9.72. The zero-order valence-electron chi connectivity index (χ0n) is 17.4. The molecule has 7 heteroatoms. The molecular formula is C21H31N5O2. The highest BCUT2D eigenvalue weighted by Crippen LogP contribution is 2.30. The summed E-state index contributed by atoms with van der Waals surface area (Å²) in [5.41, 5.74) is 7.91. The fourth-order valence-electron chi connectivity index (χ4n) is 2.97. The molecule has 0 aliphatic heterocycles. The number of anilines is 4. The van der Waals surface area contributed by atoms with Gasteiger partial charge in [-0.15, -0.1) is 0 Å². The average Bonchev–Trinajstić information content (AvgIpc) is 2.63. The number of carbonyl (C=O) groups is 1. The number of carbonyl (C=O) groups excluding carboxylic acids is 1.